The fourth-order valence-corrected chi connectivity index (χ4v) is 6.70. The van der Waals surface area contributed by atoms with Gasteiger partial charge >= 0.3 is 0 Å². The van der Waals surface area contributed by atoms with E-state index in [2.05, 4.69) is 144 Å². The first kappa shape index (κ1) is 30.6. The Bertz CT molecular complexity index is 2270. The quantitative estimate of drug-likeness (QED) is 0.162. The van der Waals surface area contributed by atoms with Crippen molar-refractivity contribution in [2.24, 2.45) is 0 Å². The largest absolute Gasteiger partial charge is 0.354 e. The van der Waals surface area contributed by atoms with Crippen molar-refractivity contribution in [3.05, 3.63) is 222 Å². The lowest BCUT2D eigenvalue weighted by atomic mass is 9.85. The molecule has 0 amide bonds. The maximum Gasteiger partial charge on any atom is 0.0711 e. The lowest BCUT2D eigenvalue weighted by molar-refractivity contribution is 1.22. The van der Waals surface area contributed by atoms with Gasteiger partial charge < -0.3 is 10.2 Å². The third-order valence-corrected chi connectivity index (χ3v) is 9.10. The Morgan fingerprint density at radius 1 is 0.420 bits per heavy atom. The molecule has 0 saturated heterocycles. The summed E-state index contributed by atoms with van der Waals surface area (Å²) in [5, 5.41) is 13.4. The van der Waals surface area contributed by atoms with Crippen molar-refractivity contribution in [3.63, 3.8) is 0 Å². The molecule has 1 heterocycles. The summed E-state index contributed by atoms with van der Waals surface area (Å²) in [5.41, 5.74) is 13.9. The molecular formula is C47H35N3. The number of allylic oxidation sites excluding steroid dienone is 1. The molecule has 0 fully saturated rings. The van der Waals surface area contributed by atoms with Crippen LogP contribution < -0.4 is 10.2 Å². The van der Waals surface area contributed by atoms with Crippen molar-refractivity contribution < 1.29 is 0 Å². The number of hydrogen-bond acceptors (Lipinski definition) is 3. The third-order valence-electron chi connectivity index (χ3n) is 9.10. The zero-order valence-corrected chi connectivity index (χ0v) is 27.5. The van der Waals surface area contributed by atoms with E-state index >= 15 is 0 Å². The summed E-state index contributed by atoms with van der Waals surface area (Å²) in [6, 6.07) is 67.0. The average molecular weight is 642 g/mol. The van der Waals surface area contributed by atoms with Crippen LogP contribution in [0.2, 0.25) is 0 Å². The van der Waals surface area contributed by atoms with E-state index in [1.165, 1.54) is 0 Å². The molecule has 0 spiro atoms. The van der Waals surface area contributed by atoms with Crippen LogP contribution in [0.4, 0.5) is 17.1 Å². The van der Waals surface area contributed by atoms with Crippen molar-refractivity contribution in [2.45, 2.75) is 0 Å². The van der Waals surface area contributed by atoms with Crippen molar-refractivity contribution in [1.82, 2.24) is 5.32 Å². The fraction of sp³-hybridized carbons (Fsp3) is 0. The van der Waals surface area contributed by atoms with Gasteiger partial charge in [0.05, 0.1) is 11.4 Å². The molecule has 8 rings (SSSR count). The molecule has 0 aliphatic carbocycles. The smallest absolute Gasteiger partial charge is 0.0711 e. The predicted octanol–water partition coefficient (Wildman–Crippen LogP) is 11.9. The topological polar surface area (TPSA) is 39.1 Å². The number of benzene rings is 7. The van der Waals surface area contributed by atoms with Crippen LogP contribution in [0.3, 0.4) is 0 Å². The third kappa shape index (κ3) is 6.05. The van der Waals surface area contributed by atoms with Gasteiger partial charge in [0, 0.05) is 39.5 Å². The van der Waals surface area contributed by atoms with E-state index in [-0.39, 0.29) is 0 Å². The lowest BCUT2D eigenvalue weighted by Gasteiger charge is -2.28. The highest BCUT2D eigenvalue weighted by molar-refractivity contribution is 6.36. The number of nitrogens with one attached hydrogen (secondary N) is 2. The van der Waals surface area contributed by atoms with Crippen molar-refractivity contribution in [1.29, 1.82) is 5.41 Å². The van der Waals surface area contributed by atoms with E-state index in [1.807, 2.05) is 66.7 Å². The van der Waals surface area contributed by atoms with E-state index in [0.717, 1.165) is 73.0 Å². The summed E-state index contributed by atoms with van der Waals surface area (Å²) in [7, 11) is 0. The molecule has 3 nitrogen and oxygen atoms in total. The van der Waals surface area contributed by atoms with Gasteiger partial charge in [-0.3, -0.25) is 5.41 Å². The molecule has 0 atom stereocenters. The maximum absolute atomic E-state index is 9.57. The average Bonchev–Trinajstić information content (AvgIpc) is 3.20. The summed E-state index contributed by atoms with van der Waals surface area (Å²) in [5.74, 6) is 0. The van der Waals surface area contributed by atoms with Crippen LogP contribution in [0.25, 0.3) is 34.2 Å². The second-order valence-corrected chi connectivity index (χ2v) is 12.2. The minimum atomic E-state index is 0.469. The van der Waals surface area contributed by atoms with Gasteiger partial charge in [-0.2, -0.15) is 0 Å². The summed E-state index contributed by atoms with van der Waals surface area (Å²) in [4.78, 5) is 2.28. The molecule has 0 bridgehead atoms. The molecule has 1 aliphatic rings. The Hall–Kier alpha value is -6.71. The van der Waals surface area contributed by atoms with Crippen molar-refractivity contribution in [3.8, 4) is 11.1 Å². The van der Waals surface area contributed by atoms with Gasteiger partial charge in [-0.1, -0.05) is 158 Å². The van der Waals surface area contributed by atoms with Gasteiger partial charge in [-0.05, 0) is 70.3 Å². The zero-order chi connectivity index (χ0) is 33.7. The molecule has 238 valence electrons. The van der Waals surface area contributed by atoms with E-state index in [9.17, 15) is 5.41 Å². The maximum atomic E-state index is 9.57. The Kier molecular flexibility index (Phi) is 8.45. The highest BCUT2D eigenvalue weighted by Crippen LogP contribution is 2.41. The van der Waals surface area contributed by atoms with E-state index in [1.54, 1.807) is 0 Å². The summed E-state index contributed by atoms with van der Waals surface area (Å²) in [6.07, 6.45) is 2.26. The zero-order valence-electron chi connectivity index (χ0n) is 27.5. The van der Waals surface area contributed by atoms with Crippen molar-refractivity contribution >= 4 is 45.8 Å². The summed E-state index contributed by atoms with van der Waals surface area (Å²) in [6.45, 7) is 0. The molecular weight excluding hydrogens is 607 g/mol. The molecule has 0 aromatic heterocycles. The van der Waals surface area contributed by atoms with E-state index in [0.29, 0.717) is 5.71 Å². The lowest BCUT2D eigenvalue weighted by Crippen LogP contribution is -2.20. The van der Waals surface area contributed by atoms with Gasteiger partial charge in [0.2, 0.25) is 0 Å². The van der Waals surface area contributed by atoms with Gasteiger partial charge in [0.1, 0.15) is 0 Å². The Labute approximate surface area is 293 Å². The van der Waals surface area contributed by atoms with Gasteiger partial charge in [0.25, 0.3) is 0 Å². The number of para-hydroxylation sites is 2. The Morgan fingerprint density at radius 2 is 0.900 bits per heavy atom. The number of nitrogens with zero attached hydrogens (tertiary/aromatic N) is 1. The van der Waals surface area contributed by atoms with Crippen LogP contribution in [0, 0.1) is 5.41 Å². The molecule has 0 radical (unpaired) electrons. The molecule has 1 aliphatic heterocycles. The van der Waals surface area contributed by atoms with Gasteiger partial charge in [-0.25, -0.2) is 0 Å². The minimum absolute atomic E-state index is 0.469. The van der Waals surface area contributed by atoms with Gasteiger partial charge in [0.15, 0.2) is 0 Å². The van der Waals surface area contributed by atoms with Crippen LogP contribution in [0.5, 0.6) is 0 Å². The first-order chi connectivity index (χ1) is 24.7. The van der Waals surface area contributed by atoms with Crippen LogP contribution in [0.15, 0.2) is 194 Å². The molecule has 7 aromatic carbocycles. The highest BCUT2D eigenvalue weighted by atomic mass is 15.1. The number of rotatable bonds is 8. The standard InChI is InChI=1S/C47H35N3/c48-46(37-21-10-3-11-22-37)45(36-19-8-2-9-20-36)47-42-28-16-27-41(43(42)33-44(49-47)35-17-6-1-7-18-35)34-29-31-40(32-30-34)50(38-23-12-4-13-24-38)39-25-14-5-15-26-39/h1-33,48-49H/b47-45-,48-46?. The number of anilines is 3. The molecule has 7 aromatic rings. The van der Waals surface area contributed by atoms with Crippen LogP contribution >= 0.6 is 0 Å². The molecule has 2 N–H and O–H groups in total. The molecule has 50 heavy (non-hydrogen) atoms. The van der Waals surface area contributed by atoms with E-state index in [4.69, 9.17) is 0 Å². The Balaban J connectivity index is 1.30. The predicted molar refractivity (Wildman–Crippen MR) is 211 cm³/mol. The van der Waals surface area contributed by atoms with E-state index < -0.39 is 0 Å². The second kappa shape index (κ2) is 13.8. The first-order valence-corrected chi connectivity index (χ1v) is 16.9. The molecule has 0 unspecified atom stereocenters. The van der Waals surface area contributed by atoms with Crippen molar-refractivity contribution in [2.75, 3.05) is 4.90 Å². The number of hydrogen-bond donors (Lipinski definition) is 2. The normalized spacial score (nSPS) is 13.0. The Morgan fingerprint density at radius 3 is 1.48 bits per heavy atom. The minimum Gasteiger partial charge on any atom is -0.354 e. The molecule has 0 saturated carbocycles. The fourth-order valence-electron chi connectivity index (χ4n) is 6.70. The summed E-state index contributed by atoms with van der Waals surface area (Å²) < 4.78 is 0. The van der Waals surface area contributed by atoms with Crippen LogP contribution in [0.1, 0.15) is 27.8 Å². The number of fused-ring (bicyclic) bond motifs is 1. The van der Waals surface area contributed by atoms with Crippen LogP contribution in [-0.2, 0) is 0 Å². The van der Waals surface area contributed by atoms with Gasteiger partial charge in [-0.15, -0.1) is 0 Å². The highest BCUT2D eigenvalue weighted by Gasteiger charge is 2.25. The second-order valence-electron chi connectivity index (χ2n) is 12.2. The first-order valence-electron chi connectivity index (χ1n) is 16.9. The monoisotopic (exact) mass is 641 g/mol. The van der Waals surface area contributed by atoms with Crippen LogP contribution in [-0.4, -0.2) is 5.71 Å². The SMILES string of the molecule is N=C(/C(=C1\NC(c2ccccc2)=Cc2c1cccc2-c1ccc(N(c2ccccc2)c2ccccc2)cc1)c1ccccc1)c1ccccc1. The molecule has 3 heteroatoms. The summed E-state index contributed by atoms with van der Waals surface area (Å²) >= 11 is 0.